The molecule has 0 spiro atoms. The Morgan fingerprint density at radius 2 is 1.81 bits per heavy atom. The Hall–Kier alpha value is -1.98. The van der Waals surface area contributed by atoms with Gasteiger partial charge < -0.3 is 5.11 Å². The molecule has 0 atom stereocenters. The van der Waals surface area contributed by atoms with Crippen LogP contribution in [-0.2, 0) is 0 Å². The van der Waals surface area contributed by atoms with Crippen LogP contribution in [0.3, 0.4) is 0 Å². The van der Waals surface area contributed by atoms with Gasteiger partial charge in [0.2, 0.25) is 5.43 Å². The highest BCUT2D eigenvalue weighted by Gasteiger charge is 2.09. The molecular formula is C16H10BrNO2S. The number of nitrogens with zero attached hydrogens (tertiary/aromatic N) is 1. The predicted molar refractivity (Wildman–Crippen MR) is 91.2 cm³/mol. The normalized spacial score (nSPS) is 11.3. The Bertz CT molecular complexity index is 885. The van der Waals surface area contributed by atoms with Gasteiger partial charge in [-0.2, -0.15) is 0 Å². The average molecular weight is 360 g/mol. The van der Waals surface area contributed by atoms with Gasteiger partial charge in [0.1, 0.15) is 0 Å². The molecule has 21 heavy (non-hydrogen) atoms. The minimum absolute atomic E-state index is 0.0143. The highest BCUT2D eigenvalue weighted by atomic mass is 79.9. The largest absolute Gasteiger partial charge is 0.499 e. The van der Waals surface area contributed by atoms with Crippen LogP contribution in [0.4, 0.5) is 5.69 Å². The van der Waals surface area contributed by atoms with Crippen molar-refractivity contribution >= 4 is 49.3 Å². The van der Waals surface area contributed by atoms with Crippen LogP contribution < -0.4 is 5.43 Å². The summed E-state index contributed by atoms with van der Waals surface area (Å²) in [5, 5.41) is 10.6. The summed E-state index contributed by atoms with van der Waals surface area (Å²) in [5.74, 6) is 0. The molecule has 1 N–H and O–H groups in total. The summed E-state index contributed by atoms with van der Waals surface area (Å²) < 4.78 is 1.72. The molecule has 0 aliphatic heterocycles. The molecule has 0 saturated carbocycles. The summed E-state index contributed by atoms with van der Waals surface area (Å²) in [6.07, 6.45) is 1.42. The molecule has 0 bridgehead atoms. The molecule has 0 fully saturated rings. The van der Waals surface area contributed by atoms with Crippen molar-refractivity contribution in [1.82, 2.24) is 0 Å². The highest BCUT2D eigenvalue weighted by molar-refractivity contribution is 9.10. The Morgan fingerprint density at radius 3 is 2.57 bits per heavy atom. The van der Waals surface area contributed by atoms with Crippen molar-refractivity contribution < 1.29 is 5.11 Å². The van der Waals surface area contributed by atoms with E-state index in [1.165, 1.54) is 17.6 Å². The van der Waals surface area contributed by atoms with Crippen molar-refractivity contribution in [2.45, 2.75) is 0 Å². The number of halogens is 1. The third-order valence-corrected chi connectivity index (χ3v) is 4.50. The second-order valence-corrected chi connectivity index (χ2v) is 6.33. The summed E-state index contributed by atoms with van der Waals surface area (Å²) in [7, 11) is 0. The predicted octanol–water partition coefficient (Wildman–Crippen LogP) is 4.48. The molecule has 0 aliphatic carbocycles. The molecule has 0 aliphatic rings. The molecular weight excluding hydrogens is 350 g/mol. The van der Waals surface area contributed by atoms with Crippen molar-refractivity contribution in [3.8, 4) is 5.06 Å². The van der Waals surface area contributed by atoms with Crippen molar-refractivity contribution in [3.05, 3.63) is 68.8 Å². The van der Waals surface area contributed by atoms with Crippen LogP contribution in [0, 0.1) is 0 Å². The second kappa shape index (κ2) is 5.79. The van der Waals surface area contributed by atoms with Gasteiger partial charge in [0.05, 0.1) is 11.3 Å². The number of aromatic hydroxyl groups is 1. The van der Waals surface area contributed by atoms with Crippen LogP contribution in [0.5, 0.6) is 5.06 Å². The van der Waals surface area contributed by atoms with E-state index in [4.69, 9.17) is 0 Å². The van der Waals surface area contributed by atoms with E-state index in [2.05, 4.69) is 20.9 Å². The first-order valence-corrected chi connectivity index (χ1v) is 7.80. The second-order valence-electron chi connectivity index (χ2n) is 4.38. The fourth-order valence-electron chi connectivity index (χ4n) is 1.92. The van der Waals surface area contributed by atoms with Crippen LogP contribution >= 0.6 is 27.3 Å². The molecule has 0 amide bonds. The summed E-state index contributed by atoms with van der Waals surface area (Å²) >= 11 is 4.53. The van der Waals surface area contributed by atoms with Gasteiger partial charge in [-0.15, -0.1) is 0 Å². The Labute approximate surface area is 133 Å². The first kappa shape index (κ1) is 14.0. The van der Waals surface area contributed by atoms with Crippen molar-refractivity contribution in [3.63, 3.8) is 0 Å². The highest BCUT2D eigenvalue weighted by Crippen LogP contribution is 2.27. The number of aliphatic imine (C=N–C) groups is 1. The van der Waals surface area contributed by atoms with Crippen LogP contribution in [0.2, 0.25) is 0 Å². The summed E-state index contributed by atoms with van der Waals surface area (Å²) in [4.78, 5) is 16.6. The van der Waals surface area contributed by atoms with Gasteiger partial charge in [-0.1, -0.05) is 39.4 Å². The lowest BCUT2D eigenvalue weighted by Crippen LogP contribution is -2.07. The van der Waals surface area contributed by atoms with Crippen molar-refractivity contribution in [2.75, 3.05) is 0 Å². The number of hydrogen-bond donors (Lipinski definition) is 1. The molecule has 0 radical (unpaired) electrons. The smallest absolute Gasteiger partial charge is 0.200 e. The van der Waals surface area contributed by atoms with E-state index in [0.29, 0.717) is 5.39 Å². The Balaban J connectivity index is 2.08. The number of fused-ring (bicyclic) bond motifs is 1. The molecule has 5 heteroatoms. The SMILES string of the molecule is O=c1c(C=Nc2ccc(Br)cc2)c(O)sc2ccccc12. The molecule has 104 valence electrons. The van der Waals surface area contributed by atoms with Crippen LogP contribution in [-0.4, -0.2) is 11.3 Å². The monoisotopic (exact) mass is 359 g/mol. The van der Waals surface area contributed by atoms with Crippen molar-refractivity contribution in [2.24, 2.45) is 4.99 Å². The fourth-order valence-corrected chi connectivity index (χ4v) is 3.07. The van der Waals surface area contributed by atoms with Crippen LogP contribution in [0.25, 0.3) is 10.1 Å². The summed E-state index contributed by atoms with van der Waals surface area (Å²) in [6.45, 7) is 0. The van der Waals surface area contributed by atoms with Gasteiger partial charge in [0.15, 0.2) is 5.06 Å². The summed E-state index contributed by atoms with van der Waals surface area (Å²) in [5.41, 5.74) is 0.736. The van der Waals surface area contributed by atoms with E-state index in [0.717, 1.165) is 14.9 Å². The first-order chi connectivity index (χ1) is 10.1. The van der Waals surface area contributed by atoms with Gasteiger partial charge >= 0.3 is 0 Å². The minimum atomic E-state index is -0.206. The standard InChI is InChI=1S/C16H10BrNO2S/c17-10-5-7-11(8-6-10)18-9-13-15(19)12-3-1-2-4-14(12)21-16(13)20/h1-9,20H. The number of hydrogen-bond acceptors (Lipinski definition) is 4. The quantitative estimate of drug-likeness (QED) is 0.685. The average Bonchev–Trinajstić information content (AvgIpc) is 2.49. The Morgan fingerprint density at radius 1 is 1.10 bits per heavy atom. The maximum Gasteiger partial charge on any atom is 0.200 e. The van der Waals surface area contributed by atoms with Gasteiger partial charge in [-0.3, -0.25) is 9.79 Å². The topological polar surface area (TPSA) is 49.7 Å². The molecule has 3 rings (SSSR count). The maximum absolute atomic E-state index is 12.4. The first-order valence-electron chi connectivity index (χ1n) is 6.19. The van der Waals surface area contributed by atoms with Crippen LogP contribution in [0.15, 0.2) is 62.8 Å². The van der Waals surface area contributed by atoms with Gasteiger partial charge in [-0.05, 0) is 36.4 Å². The number of rotatable bonds is 2. The van der Waals surface area contributed by atoms with E-state index >= 15 is 0 Å². The van der Waals surface area contributed by atoms with E-state index in [1.54, 1.807) is 6.07 Å². The lowest BCUT2D eigenvalue weighted by atomic mass is 10.2. The van der Waals surface area contributed by atoms with Gasteiger partial charge in [0.25, 0.3) is 0 Å². The Kier molecular flexibility index (Phi) is 3.86. The zero-order valence-electron chi connectivity index (χ0n) is 10.8. The third kappa shape index (κ3) is 2.89. The molecule has 0 unspecified atom stereocenters. The molecule has 0 saturated heterocycles. The van der Waals surface area contributed by atoms with E-state index < -0.39 is 0 Å². The third-order valence-electron chi connectivity index (χ3n) is 2.98. The lowest BCUT2D eigenvalue weighted by Gasteiger charge is -2.01. The van der Waals surface area contributed by atoms with Gasteiger partial charge in [-0.25, -0.2) is 0 Å². The molecule has 1 aromatic heterocycles. The lowest BCUT2D eigenvalue weighted by molar-refractivity contribution is 0.489. The van der Waals surface area contributed by atoms with Gasteiger partial charge in [0, 0.05) is 20.8 Å². The van der Waals surface area contributed by atoms with Crippen LogP contribution in [0.1, 0.15) is 5.56 Å². The van der Waals surface area contributed by atoms with Crippen molar-refractivity contribution in [1.29, 1.82) is 0 Å². The molecule has 3 nitrogen and oxygen atoms in total. The van der Waals surface area contributed by atoms with E-state index in [9.17, 15) is 9.90 Å². The number of benzene rings is 2. The van der Waals surface area contributed by atoms with E-state index in [-0.39, 0.29) is 16.1 Å². The maximum atomic E-state index is 12.4. The zero-order valence-corrected chi connectivity index (χ0v) is 13.2. The molecule has 1 heterocycles. The fraction of sp³-hybridized carbons (Fsp3) is 0. The summed E-state index contributed by atoms with van der Waals surface area (Å²) in [6, 6.07) is 14.6. The zero-order chi connectivity index (χ0) is 14.8. The minimum Gasteiger partial charge on any atom is -0.499 e. The molecule has 2 aromatic carbocycles. The van der Waals surface area contributed by atoms with E-state index in [1.807, 2.05) is 42.5 Å². The molecule has 3 aromatic rings.